The molecule has 0 bridgehead atoms. The maximum absolute atomic E-state index is 11.8. The lowest BCUT2D eigenvalue weighted by Crippen LogP contribution is -2.20. The molecule has 24 heavy (non-hydrogen) atoms. The number of halogens is 2. The third kappa shape index (κ3) is 5.41. The zero-order valence-electron chi connectivity index (χ0n) is 12.9. The van der Waals surface area contributed by atoms with Crippen LogP contribution in [-0.2, 0) is 14.3 Å². The van der Waals surface area contributed by atoms with Crippen molar-refractivity contribution < 1.29 is 14.3 Å². The largest absolute Gasteiger partial charge is 0.452 e. The molecule has 0 aliphatic rings. The van der Waals surface area contributed by atoms with E-state index in [-0.39, 0.29) is 6.61 Å². The summed E-state index contributed by atoms with van der Waals surface area (Å²) >= 11 is 11.8. The number of nitrogens with one attached hydrogen (secondary N) is 1. The van der Waals surface area contributed by atoms with Crippen LogP contribution in [0, 0.1) is 6.92 Å². The van der Waals surface area contributed by atoms with Crippen LogP contribution in [0.3, 0.4) is 0 Å². The summed E-state index contributed by atoms with van der Waals surface area (Å²) in [6.45, 7) is 1.51. The van der Waals surface area contributed by atoms with Gasteiger partial charge in [0.15, 0.2) is 6.61 Å². The van der Waals surface area contributed by atoms with E-state index in [1.807, 2.05) is 25.1 Å². The van der Waals surface area contributed by atoms with Crippen LogP contribution in [0.5, 0.6) is 0 Å². The van der Waals surface area contributed by atoms with Gasteiger partial charge >= 0.3 is 5.97 Å². The Balaban J connectivity index is 1.85. The number of hydrogen-bond acceptors (Lipinski definition) is 3. The number of para-hydroxylation sites is 1. The van der Waals surface area contributed by atoms with Crippen LogP contribution in [0.15, 0.2) is 48.5 Å². The summed E-state index contributed by atoms with van der Waals surface area (Å²) in [5.74, 6) is -1.04. The first-order valence-corrected chi connectivity index (χ1v) is 7.86. The highest BCUT2D eigenvalue weighted by atomic mass is 35.5. The molecule has 0 heterocycles. The van der Waals surface area contributed by atoms with Crippen molar-refractivity contribution in [3.63, 3.8) is 0 Å². The van der Waals surface area contributed by atoms with Crippen molar-refractivity contribution in [1.29, 1.82) is 0 Å². The molecule has 0 aliphatic heterocycles. The lowest BCUT2D eigenvalue weighted by atomic mass is 10.2. The Kier molecular flexibility index (Phi) is 6.41. The summed E-state index contributed by atoms with van der Waals surface area (Å²) in [6.07, 6.45) is 2.70. The number of carbonyl (C=O) groups excluding carboxylic acids is 2. The minimum Gasteiger partial charge on any atom is -0.452 e. The molecule has 0 aromatic heterocycles. The molecule has 0 saturated heterocycles. The number of hydrogen-bond donors (Lipinski definition) is 1. The normalized spacial score (nSPS) is 10.6. The highest BCUT2D eigenvalue weighted by molar-refractivity contribution is 6.35. The molecular formula is C18H15Cl2NO3. The number of ether oxygens (including phenoxy) is 1. The van der Waals surface area contributed by atoms with Gasteiger partial charge in [0, 0.05) is 21.8 Å². The summed E-state index contributed by atoms with van der Waals surface area (Å²) in [5.41, 5.74) is 2.24. The maximum atomic E-state index is 11.8. The van der Waals surface area contributed by atoms with E-state index < -0.39 is 11.9 Å². The summed E-state index contributed by atoms with van der Waals surface area (Å²) in [5, 5.41) is 3.61. The summed E-state index contributed by atoms with van der Waals surface area (Å²) < 4.78 is 4.89. The number of aryl methyl sites for hydroxylation is 1. The van der Waals surface area contributed by atoms with E-state index >= 15 is 0 Å². The van der Waals surface area contributed by atoms with Gasteiger partial charge < -0.3 is 10.1 Å². The predicted molar refractivity (Wildman–Crippen MR) is 96.3 cm³/mol. The van der Waals surface area contributed by atoms with Gasteiger partial charge in [-0.2, -0.15) is 0 Å². The smallest absolute Gasteiger partial charge is 0.331 e. The van der Waals surface area contributed by atoms with Gasteiger partial charge in [-0.25, -0.2) is 4.79 Å². The number of rotatable bonds is 5. The van der Waals surface area contributed by atoms with E-state index in [1.54, 1.807) is 24.3 Å². The SMILES string of the molecule is Cc1ccccc1NC(=O)COC(=O)/C=C/c1ccc(Cl)cc1Cl. The third-order valence-electron chi connectivity index (χ3n) is 3.13. The first-order valence-electron chi connectivity index (χ1n) is 7.11. The Hall–Kier alpha value is -2.30. The Morgan fingerprint density at radius 1 is 1.17 bits per heavy atom. The fourth-order valence-electron chi connectivity index (χ4n) is 1.88. The second kappa shape index (κ2) is 8.52. The number of anilines is 1. The van der Waals surface area contributed by atoms with Gasteiger partial charge in [0.25, 0.3) is 5.91 Å². The van der Waals surface area contributed by atoms with Gasteiger partial charge in [0.05, 0.1) is 0 Å². The summed E-state index contributed by atoms with van der Waals surface area (Å²) in [4.78, 5) is 23.4. The zero-order valence-corrected chi connectivity index (χ0v) is 14.4. The van der Waals surface area contributed by atoms with E-state index in [9.17, 15) is 9.59 Å². The van der Waals surface area contributed by atoms with E-state index in [4.69, 9.17) is 27.9 Å². The van der Waals surface area contributed by atoms with Crippen LogP contribution in [-0.4, -0.2) is 18.5 Å². The fraction of sp³-hybridized carbons (Fsp3) is 0.111. The van der Waals surface area contributed by atoms with Crippen molar-refractivity contribution in [1.82, 2.24) is 0 Å². The van der Waals surface area contributed by atoms with E-state index in [0.717, 1.165) is 5.56 Å². The predicted octanol–water partition coefficient (Wildman–Crippen LogP) is 4.50. The molecule has 0 radical (unpaired) electrons. The fourth-order valence-corrected chi connectivity index (χ4v) is 2.35. The summed E-state index contributed by atoms with van der Waals surface area (Å²) in [6, 6.07) is 12.2. The summed E-state index contributed by atoms with van der Waals surface area (Å²) in [7, 11) is 0. The highest BCUT2D eigenvalue weighted by Gasteiger charge is 2.07. The molecule has 6 heteroatoms. The van der Waals surface area contributed by atoms with Gasteiger partial charge in [-0.15, -0.1) is 0 Å². The first-order chi connectivity index (χ1) is 11.5. The molecule has 2 aromatic rings. The Morgan fingerprint density at radius 2 is 1.92 bits per heavy atom. The standard InChI is InChI=1S/C18H15Cl2NO3/c1-12-4-2-3-5-16(12)21-17(22)11-24-18(23)9-7-13-6-8-14(19)10-15(13)20/h2-10H,11H2,1H3,(H,21,22)/b9-7+. The molecule has 0 spiro atoms. The van der Waals surface area contributed by atoms with Crippen LogP contribution in [0.25, 0.3) is 6.08 Å². The number of amides is 1. The molecule has 0 atom stereocenters. The Morgan fingerprint density at radius 3 is 2.62 bits per heavy atom. The molecular weight excluding hydrogens is 349 g/mol. The van der Waals surface area contributed by atoms with Gasteiger partial charge in [-0.3, -0.25) is 4.79 Å². The van der Waals surface area contributed by atoms with Crippen LogP contribution >= 0.6 is 23.2 Å². The van der Waals surface area contributed by atoms with E-state index in [0.29, 0.717) is 21.3 Å². The minimum atomic E-state index is -0.638. The first kappa shape index (κ1) is 18.0. The Labute approximate surface area is 150 Å². The number of benzene rings is 2. The molecule has 0 unspecified atom stereocenters. The van der Waals surface area contributed by atoms with Crippen molar-refractivity contribution >= 4 is 46.8 Å². The number of carbonyl (C=O) groups is 2. The number of esters is 1. The molecule has 0 aliphatic carbocycles. The molecule has 2 aromatic carbocycles. The van der Waals surface area contributed by atoms with Crippen LogP contribution in [0.1, 0.15) is 11.1 Å². The quantitative estimate of drug-likeness (QED) is 0.628. The second-order valence-corrected chi connectivity index (χ2v) is 5.81. The van der Waals surface area contributed by atoms with Gasteiger partial charge in [0.2, 0.25) is 0 Å². The van der Waals surface area contributed by atoms with Crippen molar-refractivity contribution in [3.8, 4) is 0 Å². The van der Waals surface area contributed by atoms with Crippen molar-refractivity contribution in [2.75, 3.05) is 11.9 Å². The van der Waals surface area contributed by atoms with Crippen LogP contribution in [0.2, 0.25) is 10.0 Å². The van der Waals surface area contributed by atoms with E-state index in [1.165, 1.54) is 12.2 Å². The van der Waals surface area contributed by atoms with Gasteiger partial charge in [0.1, 0.15) is 0 Å². The molecule has 1 N–H and O–H groups in total. The molecule has 0 saturated carbocycles. The molecule has 124 valence electrons. The lowest BCUT2D eigenvalue weighted by Gasteiger charge is -2.07. The maximum Gasteiger partial charge on any atom is 0.331 e. The lowest BCUT2D eigenvalue weighted by molar-refractivity contribution is -0.142. The monoisotopic (exact) mass is 363 g/mol. The molecule has 2 rings (SSSR count). The highest BCUT2D eigenvalue weighted by Crippen LogP contribution is 2.22. The van der Waals surface area contributed by atoms with Crippen molar-refractivity contribution in [3.05, 3.63) is 69.7 Å². The minimum absolute atomic E-state index is 0.369. The van der Waals surface area contributed by atoms with E-state index in [2.05, 4.69) is 5.32 Å². The van der Waals surface area contributed by atoms with Crippen molar-refractivity contribution in [2.45, 2.75) is 6.92 Å². The molecule has 1 amide bonds. The molecule has 0 fully saturated rings. The average Bonchev–Trinajstić information content (AvgIpc) is 2.54. The average molecular weight is 364 g/mol. The Bertz CT molecular complexity index is 788. The third-order valence-corrected chi connectivity index (χ3v) is 3.69. The zero-order chi connectivity index (χ0) is 17.5. The molecule has 4 nitrogen and oxygen atoms in total. The topological polar surface area (TPSA) is 55.4 Å². The van der Waals surface area contributed by atoms with Gasteiger partial charge in [-0.1, -0.05) is 47.5 Å². The van der Waals surface area contributed by atoms with Crippen LogP contribution < -0.4 is 5.32 Å². The second-order valence-electron chi connectivity index (χ2n) is 4.97. The van der Waals surface area contributed by atoms with Crippen LogP contribution in [0.4, 0.5) is 5.69 Å². The van der Waals surface area contributed by atoms with Crippen molar-refractivity contribution in [2.24, 2.45) is 0 Å². The van der Waals surface area contributed by atoms with Gasteiger partial charge in [-0.05, 0) is 42.3 Å².